The van der Waals surface area contributed by atoms with Gasteiger partial charge in [0.25, 0.3) is 0 Å². The van der Waals surface area contributed by atoms with Crippen LogP contribution in [0.1, 0.15) is 6.92 Å². The average molecular weight is 288 g/mol. The molecule has 5 heteroatoms. The Labute approximate surface area is 101 Å². The van der Waals surface area contributed by atoms with Crippen molar-refractivity contribution in [1.29, 1.82) is 0 Å². The normalized spacial score (nSPS) is 14.2. The molecule has 1 rings (SSSR count). The summed E-state index contributed by atoms with van der Waals surface area (Å²) < 4.78 is 5.80. The molecule has 0 spiro atoms. The molecule has 0 fully saturated rings. The summed E-state index contributed by atoms with van der Waals surface area (Å²) >= 11 is 0.107. The summed E-state index contributed by atoms with van der Waals surface area (Å²) in [5.41, 5.74) is 2.01. The second kappa shape index (κ2) is 6.66. The van der Waals surface area contributed by atoms with Gasteiger partial charge in [0.2, 0.25) is 0 Å². The number of carbonyl (C=O) groups is 1. The Morgan fingerprint density at radius 3 is 2.56 bits per heavy atom. The monoisotopic (exact) mass is 289 g/mol. The summed E-state index contributed by atoms with van der Waals surface area (Å²) in [5.74, 6) is -0.437. The Balaban J connectivity index is 2.63. The van der Waals surface area contributed by atoms with E-state index in [0.717, 1.165) is 0 Å². The summed E-state index contributed by atoms with van der Waals surface area (Å²) in [6, 6.07) is 9.24. The maximum atomic E-state index is 11.3. The zero-order valence-corrected chi connectivity index (χ0v) is 10.9. The fourth-order valence-corrected chi connectivity index (χ4v) is 3.46. The number of esters is 1. The second-order valence-electron chi connectivity index (χ2n) is 3.27. The average Bonchev–Trinajstić information content (AvgIpc) is 2.31. The van der Waals surface area contributed by atoms with E-state index in [-0.39, 0.29) is 19.8 Å². The van der Waals surface area contributed by atoms with Gasteiger partial charge in [0.05, 0.1) is 0 Å². The molecule has 0 amide bonds. The van der Waals surface area contributed by atoms with Gasteiger partial charge in [-0.3, -0.25) is 0 Å². The fourth-order valence-electron chi connectivity index (χ4n) is 1.26. The van der Waals surface area contributed by atoms with Crippen LogP contribution >= 0.6 is 0 Å². The first kappa shape index (κ1) is 13.2. The first-order chi connectivity index (χ1) is 7.69. The molecule has 0 radical (unpaired) electrons. The molecule has 0 saturated heterocycles. The number of ether oxygens (including phenoxy) is 1. The molecule has 2 unspecified atom stereocenters. The molecular weight excluding hydrogens is 273 g/mol. The van der Waals surface area contributed by atoms with Gasteiger partial charge in [-0.15, -0.1) is 0 Å². The molecule has 2 N–H and O–H groups in total. The van der Waals surface area contributed by atoms with Crippen LogP contribution in [0.5, 0.6) is 0 Å². The molecule has 0 aromatic heterocycles. The van der Waals surface area contributed by atoms with Crippen molar-refractivity contribution in [3.05, 3.63) is 30.3 Å². The van der Waals surface area contributed by atoms with Gasteiger partial charge >= 0.3 is 101 Å². The molecule has 4 nitrogen and oxygen atoms in total. The summed E-state index contributed by atoms with van der Waals surface area (Å²) in [6.45, 7) is 1.91. The summed E-state index contributed by atoms with van der Waals surface area (Å²) in [7, 11) is 1.31. The van der Waals surface area contributed by atoms with Crippen molar-refractivity contribution in [2.45, 2.75) is 17.8 Å². The Hall–Kier alpha value is -0.871. The predicted molar refractivity (Wildman–Crippen MR) is 62.0 cm³/mol. The summed E-state index contributed by atoms with van der Waals surface area (Å²) in [5, 5.41) is 8.94. The van der Waals surface area contributed by atoms with Crippen LogP contribution in [0.2, 0.25) is 4.82 Å². The van der Waals surface area contributed by atoms with Crippen LogP contribution < -0.4 is 9.94 Å². The molecule has 1 aromatic carbocycles. The molecule has 0 heterocycles. The first-order valence-electron chi connectivity index (χ1n) is 4.88. The van der Waals surface area contributed by atoms with Crippen molar-refractivity contribution < 1.29 is 14.7 Å². The van der Waals surface area contributed by atoms with E-state index >= 15 is 0 Å². The standard InChI is InChI=1S/C11H15NO3Se/c1-8(10(12-14)11(13)15-2)16-9-6-4-3-5-7-9/h3-8,10,12,14H,1-2H3. The zero-order chi connectivity index (χ0) is 12.0. The quantitative estimate of drug-likeness (QED) is 0.466. The van der Waals surface area contributed by atoms with Crippen molar-refractivity contribution in [3.8, 4) is 0 Å². The Bertz CT molecular complexity index is 331. The van der Waals surface area contributed by atoms with Crippen LogP contribution in [0.3, 0.4) is 0 Å². The first-order valence-corrected chi connectivity index (χ1v) is 6.72. The van der Waals surface area contributed by atoms with E-state index in [1.165, 1.54) is 11.6 Å². The summed E-state index contributed by atoms with van der Waals surface area (Å²) in [4.78, 5) is 11.4. The topological polar surface area (TPSA) is 58.6 Å². The van der Waals surface area contributed by atoms with Gasteiger partial charge in [0, 0.05) is 0 Å². The number of nitrogens with one attached hydrogen (secondary N) is 1. The number of benzene rings is 1. The number of hydrogen-bond donors (Lipinski definition) is 2. The molecule has 1 aromatic rings. The number of methoxy groups -OCH3 is 1. The fraction of sp³-hybridized carbons (Fsp3) is 0.364. The van der Waals surface area contributed by atoms with Crippen molar-refractivity contribution in [2.75, 3.05) is 7.11 Å². The number of hydrogen-bond acceptors (Lipinski definition) is 4. The third-order valence-corrected chi connectivity index (χ3v) is 4.62. The molecule has 0 saturated carbocycles. The third kappa shape index (κ3) is 3.61. The van der Waals surface area contributed by atoms with Crippen LogP contribution in [0.15, 0.2) is 30.3 Å². The molecule has 0 aliphatic carbocycles. The van der Waals surface area contributed by atoms with E-state index in [4.69, 9.17) is 5.21 Å². The van der Waals surface area contributed by atoms with Crippen molar-refractivity contribution in [1.82, 2.24) is 5.48 Å². The number of rotatable bonds is 5. The summed E-state index contributed by atoms with van der Waals surface area (Å²) in [6.07, 6.45) is 0. The van der Waals surface area contributed by atoms with Crippen molar-refractivity contribution in [2.24, 2.45) is 0 Å². The molecule has 88 valence electrons. The number of hydroxylamine groups is 1. The van der Waals surface area contributed by atoms with Gasteiger partial charge in [0.15, 0.2) is 0 Å². The SMILES string of the molecule is COC(=O)C(NO)C(C)[Se]c1ccccc1. The molecule has 0 aliphatic rings. The molecular formula is C11H15NO3Se. The molecule has 0 bridgehead atoms. The predicted octanol–water partition coefficient (Wildman–Crippen LogP) is 0.345. The Kier molecular flexibility index (Phi) is 5.49. The van der Waals surface area contributed by atoms with Crippen LogP contribution in [0.25, 0.3) is 0 Å². The van der Waals surface area contributed by atoms with Crippen LogP contribution in [0.4, 0.5) is 0 Å². The molecule has 2 atom stereocenters. The van der Waals surface area contributed by atoms with E-state index in [2.05, 4.69) is 4.74 Å². The van der Waals surface area contributed by atoms with Gasteiger partial charge in [-0.1, -0.05) is 0 Å². The van der Waals surface area contributed by atoms with Crippen LogP contribution in [0, 0.1) is 0 Å². The van der Waals surface area contributed by atoms with Crippen molar-refractivity contribution in [3.63, 3.8) is 0 Å². The minimum atomic E-state index is -0.662. The van der Waals surface area contributed by atoms with E-state index in [1.54, 1.807) is 0 Å². The van der Waals surface area contributed by atoms with Gasteiger partial charge < -0.3 is 0 Å². The van der Waals surface area contributed by atoms with E-state index in [1.807, 2.05) is 42.7 Å². The molecule has 16 heavy (non-hydrogen) atoms. The van der Waals surface area contributed by atoms with Gasteiger partial charge in [-0.2, -0.15) is 0 Å². The number of carbonyl (C=O) groups excluding carboxylic acids is 1. The maximum absolute atomic E-state index is 11.3. The van der Waals surface area contributed by atoms with Crippen LogP contribution in [-0.4, -0.2) is 39.3 Å². The van der Waals surface area contributed by atoms with Crippen molar-refractivity contribution >= 4 is 25.4 Å². The molecule has 0 aliphatic heterocycles. The zero-order valence-electron chi connectivity index (χ0n) is 9.21. The van der Waals surface area contributed by atoms with Gasteiger partial charge in [-0.05, 0) is 0 Å². The third-order valence-electron chi connectivity index (χ3n) is 2.13. The Morgan fingerprint density at radius 2 is 2.06 bits per heavy atom. The van der Waals surface area contributed by atoms with E-state index < -0.39 is 12.0 Å². The second-order valence-corrected chi connectivity index (χ2v) is 6.31. The Morgan fingerprint density at radius 1 is 1.44 bits per heavy atom. The van der Waals surface area contributed by atoms with E-state index in [0.29, 0.717) is 0 Å². The minimum absolute atomic E-state index is 0.0207. The van der Waals surface area contributed by atoms with Gasteiger partial charge in [0.1, 0.15) is 0 Å². The van der Waals surface area contributed by atoms with Gasteiger partial charge in [-0.25, -0.2) is 0 Å². The van der Waals surface area contributed by atoms with E-state index in [9.17, 15) is 4.79 Å². The van der Waals surface area contributed by atoms with Crippen LogP contribution in [-0.2, 0) is 9.53 Å².